The van der Waals surface area contributed by atoms with Crippen LogP contribution in [0.15, 0.2) is 18.6 Å². The molecule has 0 bridgehead atoms. The van der Waals surface area contributed by atoms with Gasteiger partial charge in [-0.2, -0.15) is 13.2 Å². The Hall–Kier alpha value is -1.79. The fourth-order valence-corrected chi connectivity index (χ4v) is 1.12. The molecule has 0 radical (unpaired) electrons. The summed E-state index contributed by atoms with van der Waals surface area (Å²) in [6.45, 7) is 0. The monoisotopic (exact) mass is 202 g/mol. The number of nitrogen functional groups attached to an aromatic ring is 1. The smallest absolute Gasteiger partial charge is 0.396 e. The third-order valence-corrected chi connectivity index (χ3v) is 1.75. The van der Waals surface area contributed by atoms with E-state index in [0.29, 0.717) is 0 Å². The van der Waals surface area contributed by atoms with Crippen molar-refractivity contribution in [2.45, 2.75) is 6.18 Å². The number of hydrogen-bond donors (Lipinski definition) is 1. The first-order valence-electron chi connectivity index (χ1n) is 3.64. The number of nitrogens with zero attached hydrogens (tertiary/aromatic N) is 3. The molecule has 2 rings (SSSR count). The summed E-state index contributed by atoms with van der Waals surface area (Å²) in [5, 5.41) is 7.01. The van der Waals surface area contributed by atoms with E-state index in [1.54, 1.807) is 0 Å². The van der Waals surface area contributed by atoms with Crippen molar-refractivity contribution in [3.63, 3.8) is 0 Å². The molecule has 0 saturated carbocycles. The summed E-state index contributed by atoms with van der Waals surface area (Å²) in [4.78, 5) is 0. The van der Waals surface area contributed by atoms with Crippen LogP contribution in [-0.4, -0.2) is 14.6 Å². The molecule has 0 aliphatic heterocycles. The molecule has 0 aliphatic carbocycles. The maximum Gasteiger partial charge on any atom is 0.417 e. The Labute approximate surface area is 76.2 Å². The van der Waals surface area contributed by atoms with E-state index in [1.807, 2.05) is 0 Å². The Kier molecular flexibility index (Phi) is 1.63. The van der Waals surface area contributed by atoms with Gasteiger partial charge < -0.3 is 5.73 Å². The van der Waals surface area contributed by atoms with Crippen LogP contribution in [0.1, 0.15) is 5.56 Å². The van der Waals surface area contributed by atoms with Gasteiger partial charge in [0.05, 0.1) is 11.3 Å². The number of alkyl halides is 3. The van der Waals surface area contributed by atoms with E-state index in [0.717, 1.165) is 16.7 Å². The second-order valence-corrected chi connectivity index (χ2v) is 2.74. The van der Waals surface area contributed by atoms with Crippen molar-refractivity contribution in [1.29, 1.82) is 0 Å². The first kappa shape index (κ1) is 8.79. The summed E-state index contributed by atoms with van der Waals surface area (Å²) in [6, 6.07) is 0.837. The van der Waals surface area contributed by atoms with E-state index in [1.165, 1.54) is 6.33 Å². The third-order valence-electron chi connectivity index (χ3n) is 1.75. The second-order valence-electron chi connectivity index (χ2n) is 2.74. The van der Waals surface area contributed by atoms with Crippen LogP contribution >= 0.6 is 0 Å². The summed E-state index contributed by atoms with van der Waals surface area (Å²) < 4.78 is 38.0. The SMILES string of the molecule is Nc1cc(C(F)(F)F)cn2cnnc12. The van der Waals surface area contributed by atoms with Gasteiger partial charge in [-0.15, -0.1) is 10.2 Å². The highest BCUT2D eigenvalue weighted by Crippen LogP contribution is 2.30. The number of pyridine rings is 1. The van der Waals surface area contributed by atoms with E-state index in [9.17, 15) is 13.2 Å². The molecule has 0 aliphatic rings. The molecule has 0 atom stereocenters. The molecule has 0 saturated heterocycles. The van der Waals surface area contributed by atoms with Crippen LogP contribution in [0.3, 0.4) is 0 Å². The van der Waals surface area contributed by atoms with Gasteiger partial charge in [-0.3, -0.25) is 4.40 Å². The van der Waals surface area contributed by atoms with E-state index < -0.39 is 11.7 Å². The van der Waals surface area contributed by atoms with Crippen LogP contribution in [0.25, 0.3) is 5.65 Å². The maximum absolute atomic E-state index is 12.3. The molecule has 0 fully saturated rings. The summed E-state index contributed by atoms with van der Waals surface area (Å²) in [5.41, 5.74) is 4.73. The average Bonchev–Trinajstić information content (AvgIpc) is 2.50. The summed E-state index contributed by atoms with van der Waals surface area (Å²) in [6.07, 6.45) is -2.35. The summed E-state index contributed by atoms with van der Waals surface area (Å²) in [5.74, 6) is 0. The second kappa shape index (κ2) is 2.60. The number of halogens is 3. The van der Waals surface area contributed by atoms with Crippen LogP contribution in [-0.2, 0) is 6.18 Å². The number of nitrogens with two attached hydrogens (primary N) is 1. The van der Waals surface area contributed by atoms with Gasteiger partial charge >= 0.3 is 6.18 Å². The quantitative estimate of drug-likeness (QED) is 0.701. The number of rotatable bonds is 0. The summed E-state index contributed by atoms with van der Waals surface area (Å²) >= 11 is 0. The average molecular weight is 202 g/mol. The molecule has 0 aromatic carbocycles. The van der Waals surface area contributed by atoms with E-state index in [4.69, 9.17) is 5.73 Å². The number of fused-ring (bicyclic) bond motifs is 1. The molecule has 4 nitrogen and oxygen atoms in total. The van der Waals surface area contributed by atoms with Crippen LogP contribution in [0.4, 0.5) is 18.9 Å². The zero-order chi connectivity index (χ0) is 10.3. The molecule has 0 unspecified atom stereocenters. The lowest BCUT2D eigenvalue weighted by Crippen LogP contribution is -2.07. The fourth-order valence-electron chi connectivity index (χ4n) is 1.12. The minimum Gasteiger partial charge on any atom is -0.396 e. The highest BCUT2D eigenvalue weighted by Gasteiger charge is 2.31. The van der Waals surface area contributed by atoms with Gasteiger partial charge in [0.25, 0.3) is 0 Å². The highest BCUT2D eigenvalue weighted by atomic mass is 19.4. The first-order valence-corrected chi connectivity index (χ1v) is 3.64. The van der Waals surface area contributed by atoms with Crippen molar-refractivity contribution < 1.29 is 13.2 Å². The standard InChI is InChI=1S/C7H5F3N4/c8-7(9,10)4-1-5(11)6-13-12-3-14(6)2-4/h1-3H,11H2. The molecule has 2 heterocycles. The fraction of sp³-hybridized carbons (Fsp3) is 0.143. The molecule has 2 aromatic heterocycles. The molecule has 7 heteroatoms. The van der Waals surface area contributed by atoms with E-state index >= 15 is 0 Å². The van der Waals surface area contributed by atoms with Gasteiger partial charge in [0, 0.05) is 6.20 Å². The minimum atomic E-state index is -4.41. The van der Waals surface area contributed by atoms with Crippen molar-refractivity contribution in [3.8, 4) is 0 Å². The Bertz CT molecular complexity index is 473. The lowest BCUT2D eigenvalue weighted by molar-refractivity contribution is -0.137. The maximum atomic E-state index is 12.3. The van der Waals surface area contributed by atoms with Gasteiger partial charge in [-0.05, 0) is 6.07 Å². The zero-order valence-electron chi connectivity index (χ0n) is 6.78. The minimum absolute atomic E-state index is 0.0441. The lowest BCUT2D eigenvalue weighted by Gasteiger charge is -2.07. The van der Waals surface area contributed by atoms with Crippen molar-refractivity contribution in [2.24, 2.45) is 0 Å². The topological polar surface area (TPSA) is 56.2 Å². The van der Waals surface area contributed by atoms with Crippen LogP contribution in [0.5, 0.6) is 0 Å². The third kappa shape index (κ3) is 1.26. The van der Waals surface area contributed by atoms with Gasteiger partial charge in [0.2, 0.25) is 0 Å². The van der Waals surface area contributed by atoms with Gasteiger partial charge in [-0.25, -0.2) is 0 Å². The van der Waals surface area contributed by atoms with Gasteiger partial charge in [0.15, 0.2) is 5.65 Å². The Morgan fingerprint density at radius 2 is 2.07 bits per heavy atom. The van der Waals surface area contributed by atoms with Crippen molar-refractivity contribution in [1.82, 2.24) is 14.6 Å². The molecule has 14 heavy (non-hydrogen) atoms. The van der Waals surface area contributed by atoms with Crippen molar-refractivity contribution in [3.05, 3.63) is 24.2 Å². The Morgan fingerprint density at radius 1 is 1.36 bits per heavy atom. The summed E-state index contributed by atoms with van der Waals surface area (Å²) in [7, 11) is 0. The number of aromatic nitrogens is 3. The zero-order valence-corrected chi connectivity index (χ0v) is 6.78. The number of anilines is 1. The van der Waals surface area contributed by atoms with E-state index in [-0.39, 0.29) is 11.3 Å². The molecule has 0 spiro atoms. The van der Waals surface area contributed by atoms with Crippen LogP contribution in [0.2, 0.25) is 0 Å². The van der Waals surface area contributed by atoms with Gasteiger partial charge in [0.1, 0.15) is 6.33 Å². The van der Waals surface area contributed by atoms with Crippen molar-refractivity contribution in [2.75, 3.05) is 5.73 Å². The predicted molar refractivity (Wildman–Crippen MR) is 42.4 cm³/mol. The lowest BCUT2D eigenvalue weighted by atomic mass is 10.2. The molecule has 2 aromatic rings. The largest absolute Gasteiger partial charge is 0.417 e. The first-order chi connectivity index (χ1) is 6.48. The molecule has 74 valence electrons. The van der Waals surface area contributed by atoms with Gasteiger partial charge in [-0.1, -0.05) is 0 Å². The normalized spacial score (nSPS) is 12.2. The Morgan fingerprint density at radius 3 is 2.71 bits per heavy atom. The Balaban J connectivity index is 2.70. The predicted octanol–water partition coefficient (Wildman–Crippen LogP) is 1.33. The molecule has 0 amide bonds. The molecular weight excluding hydrogens is 197 g/mol. The number of hydrogen-bond acceptors (Lipinski definition) is 3. The van der Waals surface area contributed by atoms with Crippen LogP contribution < -0.4 is 5.73 Å². The van der Waals surface area contributed by atoms with Crippen molar-refractivity contribution >= 4 is 11.3 Å². The molecular formula is C7H5F3N4. The van der Waals surface area contributed by atoms with E-state index in [2.05, 4.69) is 10.2 Å². The molecule has 2 N–H and O–H groups in total. The highest BCUT2D eigenvalue weighted by molar-refractivity contribution is 5.64. The van der Waals surface area contributed by atoms with Crippen LogP contribution in [0, 0.1) is 0 Å².